The third-order valence-electron chi connectivity index (χ3n) is 5.96. The normalized spacial score (nSPS) is 15.7. The molecule has 0 atom stereocenters. The predicted molar refractivity (Wildman–Crippen MR) is 122 cm³/mol. The highest BCUT2D eigenvalue weighted by molar-refractivity contribution is 6.38. The number of hydrogen-bond donors (Lipinski definition) is 2. The second kappa shape index (κ2) is 6.68. The SMILES string of the molecule is CC(C)C(=O)N1Cc2c(-c3[nH]c4ncccc4c3Cl)c3c(N)ncnc3n2C(C)(C)C1. The van der Waals surface area contributed by atoms with Gasteiger partial charge in [-0.2, -0.15) is 0 Å². The highest BCUT2D eigenvalue weighted by Crippen LogP contribution is 2.45. The third-order valence-corrected chi connectivity index (χ3v) is 6.36. The molecule has 0 saturated heterocycles. The molecule has 31 heavy (non-hydrogen) atoms. The Balaban J connectivity index is 1.87. The van der Waals surface area contributed by atoms with E-state index in [0.29, 0.717) is 35.3 Å². The lowest BCUT2D eigenvalue weighted by Crippen LogP contribution is -2.50. The van der Waals surface area contributed by atoms with E-state index in [0.717, 1.165) is 27.7 Å². The van der Waals surface area contributed by atoms with Crippen LogP contribution in [0.15, 0.2) is 24.7 Å². The van der Waals surface area contributed by atoms with E-state index in [9.17, 15) is 4.79 Å². The molecular formula is C22H24ClN7O. The van der Waals surface area contributed by atoms with Crippen LogP contribution in [0.1, 0.15) is 33.4 Å². The number of carbonyl (C=O) groups excluding carboxylic acids is 1. The first-order chi connectivity index (χ1) is 14.7. The van der Waals surface area contributed by atoms with Crippen LogP contribution in [-0.2, 0) is 16.9 Å². The number of amides is 1. The topological polar surface area (TPSA) is 106 Å². The van der Waals surface area contributed by atoms with Crippen molar-refractivity contribution in [2.45, 2.75) is 39.8 Å². The number of nitrogens with one attached hydrogen (secondary N) is 1. The van der Waals surface area contributed by atoms with E-state index in [2.05, 4.69) is 38.4 Å². The summed E-state index contributed by atoms with van der Waals surface area (Å²) in [7, 11) is 0. The number of fused-ring (bicyclic) bond motifs is 4. The van der Waals surface area contributed by atoms with Crippen molar-refractivity contribution in [2.75, 3.05) is 12.3 Å². The Hall–Kier alpha value is -3.13. The second-order valence-electron chi connectivity index (χ2n) is 8.99. The molecule has 9 heteroatoms. The summed E-state index contributed by atoms with van der Waals surface area (Å²) in [4.78, 5) is 31.5. The molecule has 0 fully saturated rings. The standard InChI is InChI=1S/C22H24ClN7O/c1-11(2)21(31)29-8-13-14(17-16(23)12-6-5-7-25-19(12)28-17)15-18(24)26-10-27-20(15)30(13)22(3,4)9-29/h5-7,10-11H,8-9H2,1-4H3,(H,25,28)(H2,24,26,27). The van der Waals surface area contributed by atoms with E-state index >= 15 is 0 Å². The molecule has 1 aliphatic heterocycles. The van der Waals surface area contributed by atoms with E-state index in [1.807, 2.05) is 30.9 Å². The third kappa shape index (κ3) is 2.81. The van der Waals surface area contributed by atoms with Gasteiger partial charge in [-0.25, -0.2) is 15.0 Å². The lowest BCUT2D eigenvalue weighted by atomic mass is 9.98. The van der Waals surface area contributed by atoms with Gasteiger partial charge in [0.2, 0.25) is 5.91 Å². The Bertz CT molecular complexity index is 1350. The molecule has 0 radical (unpaired) electrons. The molecule has 5 heterocycles. The zero-order chi connectivity index (χ0) is 22.1. The summed E-state index contributed by atoms with van der Waals surface area (Å²) >= 11 is 6.82. The van der Waals surface area contributed by atoms with Crippen LogP contribution in [0, 0.1) is 5.92 Å². The molecule has 4 aromatic heterocycles. The van der Waals surface area contributed by atoms with Crippen molar-refractivity contribution in [1.82, 2.24) is 29.4 Å². The van der Waals surface area contributed by atoms with Gasteiger partial charge < -0.3 is 20.2 Å². The van der Waals surface area contributed by atoms with Crippen LogP contribution in [0.2, 0.25) is 5.02 Å². The van der Waals surface area contributed by atoms with Crippen molar-refractivity contribution in [3.8, 4) is 11.3 Å². The average molecular weight is 438 g/mol. The Morgan fingerprint density at radius 1 is 1.29 bits per heavy atom. The maximum absolute atomic E-state index is 13.0. The molecule has 0 aromatic carbocycles. The van der Waals surface area contributed by atoms with Crippen LogP contribution in [0.25, 0.3) is 33.3 Å². The first kappa shape index (κ1) is 19.8. The van der Waals surface area contributed by atoms with Crippen LogP contribution >= 0.6 is 11.6 Å². The van der Waals surface area contributed by atoms with Gasteiger partial charge in [0.05, 0.1) is 28.2 Å². The van der Waals surface area contributed by atoms with Crippen molar-refractivity contribution >= 4 is 45.4 Å². The van der Waals surface area contributed by atoms with Crippen LogP contribution in [0.3, 0.4) is 0 Å². The molecule has 1 aliphatic rings. The van der Waals surface area contributed by atoms with E-state index in [-0.39, 0.29) is 11.8 Å². The summed E-state index contributed by atoms with van der Waals surface area (Å²) in [5.41, 5.74) is 9.87. The molecule has 0 aliphatic carbocycles. The number of nitrogens with two attached hydrogens (primary N) is 1. The number of halogens is 1. The quantitative estimate of drug-likeness (QED) is 0.494. The lowest BCUT2D eigenvalue weighted by molar-refractivity contribution is -0.137. The molecule has 1 amide bonds. The molecular weight excluding hydrogens is 414 g/mol. The molecule has 0 unspecified atom stereocenters. The Morgan fingerprint density at radius 3 is 2.77 bits per heavy atom. The van der Waals surface area contributed by atoms with E-state index < -0.39 is 5.54 Å². The monoisotopic (exact) mass is 437 g/mol. The molecule has 3 N–H and O–H groups in total. The summed E-state index contributed by atoms with van der Waals surface area (Å²) < 4.78 is 2.18. The minimum atomic E-state index is -0.397. The highest BCUT2D eigenvalue weighted by atomic mass is 35.5. The Kier molecular flexibility index (Phi) is 4.27. The van der Waals surface area contributed by atoms with Gasteiger partial charge in [-0.1, -0.05) is 25.4 Å². The summed E-state index contributed by atoms with van der Waals surface area (Å²) in [6, 6.07) is 3.77. The maximum Gasteiger partial charge on any atom is 0.225 e. The van der Waals surface area contributed by atoms with Crippen LogP contribution in [0.5, 0.6) is 0 Å². The van der Waals surface area contributed by atoms with Gasteiger partial charge in [0.1, 0.15) is 23.4 Å². The Labute approximate surface area is 184 Å². The molecule has 5 rings (SSSR count). The predicted octanol–water partition coefficient (Wildman–Crippen LogP) is 3.94. The van der Waals surface area contributed by atoms with Gasteiger partial charge in [0, 0.05) is 35.3 Å². The zero-order valence-corrected chi connectivity index (χ0v) is 18.7. The number of carbonyl (C=O) groups is 1. The van der Waals surface area contributed by atoms with Gasteiger partial charge >= 0.3 is 0 Å². The van der Waals surface area contributed by atoms with Crippen LogP contribution in [-0.4, -0.2) is 41.9 Å². The van der Waals surface area contributed by atoms with Crippen LogP contribution in [0.4, 0.5) is 5.82 Å². The van der Waals surface area contributed by atoms with Crippen molar-refractivity contribution < 1.29 is 4.79 Å². The molecule has 0 bridgehead atoms. The fourth-order valence-corrected chi connectivity index (χ4v) is 5.01. The number of rotatable bonds is 2. The molecule has 0 spiro atoms. The number of nitrogens with zero attached hydrogens (tertiary/aromatic N) is 5. The number of H-pyrrole nitrogens is 1. The van der Waals surface area contributed by atoms with Gasteiger partial charge in [0.15, 0.2) is 0 Å². The highest BCUT2D eigenvalue weighted by Gasteiger charge is 2.39. The fourth-order valence-electron chi connectivity index (χ4n) is 4.71. The van der Waals surface area contributed by atoms with E-state index in [4.69, 9.17) is 17.3 Å². The fraction of sp³-hybridized carbons (Fsp3) is 0.364. The summed E-state index contributed by atoms with van der Waals surface area (Å²) in [5.74, 6) is 0.391. The number of aromatic nitrogens is 5. The van der Waals surface area contributed by atoms with Gasteiger partial charge in [-0.3, -0.25) is 4.79 Å². The average Bonchev–Trinajstić information content (AvgIpc) is 3.23. The first-order valence-electron chi connectivity index (χ1n) is 10.3. The molecule has 4 aromatic rings. The minimum absolute atomic E-state index is 0.0964. The molecule has 8 nitrogen and oxygen atoms in total. The van der Waals surface area contributed by atoms with E-state index in [1.54, 1.807) is 6.20 Å². The minimum Gasteiger partial charge on any atom is -0.383 e. The smallest absolute Gasteiger partial charge is 0.225 e. The lowest BCUT2D eigenvalue weighted by Gasteiger charge is -2.41. The number of anilines is 1. The second-order valence-corrected chi connectivity index (χ2v) is 9.37. The Morgan fingerprint density at radius 2 is 2.06 bits per heavy atom. The van der Waals surface area contributed by atoms with Crippen molar-refractivity contribution in [3.63, 3.8) is 0 Å². The largest absolute Gasteiger partial charge is 0.383 e. The molecule has 0 saturated carbocycles. The van der Waals surface area contributed by atoms with Crippen molar-refractivity contribution in [1.29, 1.82) is 0 Å². The number of nitrogen functional groups attached to an aromatic ring is 1. The van der Waals surface area contributed by atoms with Crippen LogP contribution < -0.4 is 5.73 Å². The van der Waals surface area contributed by atoms with Gasteiger partial charge in [-0.05, 0) is 26.0 Å². The van der Waals surface area contributed by atoms with Crippen molar-refractivity contribution in [3.05, 3.63) is 35.4 Å². The molecule has 160 valence electrons. The number of aromatic amines is 1. The zero-order valence-electron chi connectivity index (χ0n) is 17.9. The number of hydrogen-bond acceptors (Lipinski definition) is 5. The summed E-state index contributed by atoms with van der Waals surface area (Å²) in [6.07, 6.45) is 3.20. The first-order valence-corrected chi connectivity index (χ1v) is 10.6. The number of pyridine rings is 1. The summed E-state index contributed by atoms with van der Waals surface area (Å²) in [6.45, 7) is 9.06. The van der Waals surface area contributed by atoms with Gasteiger partial charge in [0.25, 0.3) is 0 Å². The van der Waals surface area contributed by atoms with Crippen molar-refractivity contribution in [2.24, 2.45) is 5.92 Å². The van der Waals surface area contributed by atoms with Gasteiger partial charge in [-0.15, -0.1) is 0 Å². The van der Waals surface area contributed by atoms with E-state index in [1.165, 1.54) is 6.33 Å². The maximum atomic E-state index is 13.0. The summed E-state index contributed by atoms with van der Waals surface area (Å²) in [5, 5.41) is 2.12.